The summed E-state index contributed by atoms with van der Waals surface area (Å²) in [7, 11) is 0. The molecular weight excluding hydrogens is 258 g/mol. The molecule has 0 amide bonds. The van der Waals surface area contributed by atoms with Crippen molar-refractivity contribution in [3.05, 3.63) is 30.1 Å². The predicted octanol–water partition coefficient (Wildman–Crippen LogP) is 3.49. The summed E-state index contributed by atoms with van der Waals surface area (Å²) in [6, 6.07) is 5.89. The van der Waals surface area contributed by atoms with Crippen molar-refractivity contribution in [3.63, 3.8) is 0 Å². The normalized spacial score (nSPS) is 25.5. The molecular formula is C18H31N3. The molecule has 1 aromatic rings. The van der Waals surface area contributed by atoms with Gasteiger partial charge in [0.05, 0.1) is 0 Å². The van der Waals surface area contributed by atoms with Crippen LogP contribution in [0.3, 0.4) is 0 Å². The Balaban J connectivity index is 2.13. The molecule has 0 saturated carbocycles. The Bertz CT molecular complexity index is 416. The molecule has 118 valence electrons. The Labute approximate surface area is 130 Å². The minimum atomic E-state index is 0.433. The first-order valence-electron chi connectivity index (χ1n) is 8.38. The zero-order valence-electron chi connectivity index (χ0n) is 14.2. The lowest BCUT2D eigenvalue weighted by molar-refractivity contribution is 0.0570. The molecule has 2 rings (SSSR count). The van der Waals surface area contributed by atoms with Crippen LogP contribution in [0.5, 0.6) is 0 Å². The van der Waals surface area contributed by atoms with E-state index < -0.39 is 0 Å². The molecule has 2 heterocycles. The fourth-order valence-corrected chi connectivity index (χ4v) is 3.46. The first-order valence-corrected chi connectivity index (χ1v) is 8.38. The number of piperazine rings is 1. The monoisotopic (exact) mass is 289 g/mol. The van der Waals surface area contributed by atoms with Crippen molar-refractivity contribution in [1.82, 2.24) is 15.2 Å². The lowest BCUT2D eigenvalue weighted by Crippen LogP contribution is -2.58. The number of pyridine rings is 1. The maximum Gasteiger partial charge on any atom is 0.0339 e. The third kappa shape index (κ3) is 4.27. The van der Waals surface area contributed by atoms with Crippen molar-refractivity contribution in [3.8, 4) is 0 Å². The van der Waals surface area contributed by atoms with Crippen molar-refractivity contribution >= 4 is 0 Å². The predicted molar refractivity (Wildman–Crippen MR) is 89.2 cm³/mol. The van der Waals surface area contributed by atoms with Crippen molar-refractivity contribution in [2.24, 2.45) is 11.8 Å². The van der Waals surface area contributed by atoms with E-state index in [-0.39, 0.29) is 0 Å². The van der Waals surface area contributed by atoms with Crippen LogP contribution < -0.4 is 5.32 Å². The van der Waals surface area contributed by atoms with Crippen LogP contribution in [0.25, 0.3) is 0 Å². The van der Waals surface area contributed by atoms with Crippen LogP contribution in [-0.2, 0) is 0 Å². The second kappa shape index (κ2) is 7.37. The molecule has 0 aliphatic carbocycles. The van der Waals surface area contributed by atoms with Crippen molar-refractivity contribution in [2.45, 2.75) is 59.2 Å². The number of hydrogen-bond acceptors (Lipinski definition) is 3. The zero-order valence-corrected chi connectivity index (χ0v) is 14.2. The highest BCUT2D eigenvalue weighted by Crippen LogP contribution is 2.28. The van der Waals surface area contributed by atoms with Crippen LogP contribution in [0.4, 0.5) is 0 Å². The smallest absolute Gasteiger partial charge is 0.0339 e. The number of hydrogen-bond donors (Lipinski definition) is 1. The molecule has 21 heavy (non-hydrogen) atoms. The molecule has 1 aliphatic rings. The molecule has 3 atom stereocenters. The summed E-state index contributed by atoms with van der Waals surface area (Å²) in [5, 5.41) is 3.76. The second-order valence-electron chi connectivity index (χ2n) is 7.21. The quantitative estimate of drug-likeness (QED) is 0.899. The lowest BCUT2D eigenvalue weighted by atomic mass is 9.92. The molecule has 0 radical (unpaired) electrons. The first kappa shape index (κ1) is 16.4. The molecule has 3 unspecified atom stereocenters. The van der Waals surface area contributed by atoms with E-state index in [9.17, 15) is 0 Å². The summed E-state index contributed by atoms with van der Waals surface area (Å²) >= 11 is 0. The van der Waals surface area contributed by atoms with Crippen LogP contribution in [0, 0.1) is 11.8 Å². The number of aromatic nitrogens is 1. The van der Waals surface area contributed by atoms with E-state index in [4.69, 9.17) is 0 Å². The Hall–Kier alpha value is -0.930. The minimum absolute atomic E-state index is 0.433. The zero-order chi connectivity index (χ0) is 15.4. The van der Waals surface area contributed by atoms with Gasteiger partial charge in [-0.15, -0.1) is 0 Å². The summed E-state index contributed by atoms with van der Waals surface area (Å²) in [6.07, 6.45) is 5.12. The molecule has 3 heteroatoms. The van der Waals surface area contributed by atoms with Crippen LogP contribution in [0.2, 0.25) is 0 Å². The van der Waals surface area contributed by atoms with Gasteiger partial charge in [0.15, 0.2) is 0 Å². The van der Waals surface area contributed by atoms with Crippen molar-refractivity contribution in [1.29, 1.82) is 0 Å². The molecule has 3 nitrogen and oxygen atoms in total. The van der Waals surface area contributed by atoms with Crippen LogP contribution >= 0.6 is 0 Å². The standard InChI is InChI=1S/C18H31N3/c1-13(2)9-17-12-21(18(11-20-17)14(3)4)15(5)16-7-6-8-19-10-16/h6-8,10,13-15,17-18,20H,9,11-12H2,1-5H3. The summed E-state index contributed by atoms with van der Waals surface area (Å²) in [5.41, 5.74) is 1.33. The fraction of sp³-hybridized carbons (Fsp3) is 0.722. The lowest BCUT2D eigenvalue weighted by Gasteiger charge is -2.46. The van der Waals surface area contributed by atoms with Gasteiger partial charge in [-0.25, -0.2) is 0 Å². The Morgan fingerprint density at radius 3 is 2.62 bits per heavy atom. The maximum absolute atomic E-state index is 4.30. The first-order chi connectivity index (χ1) is 9.99. The van der Waals surface area contributed by atoms with Gasteiger partial charge in [0, 0.05) is 43.6 Å². The SMILES string of the molecule is CC(C)CC1CN(C(C)c2cccnc2)C(C(C)C)CN1. The Morgan fingerprint density at radius 1 is 1.29 bits per heavy atom. The molecule has 1 aliphatic heterocycles. The summed E-state index contributed by atoms with van der Waals surface area (Å²) in [6.45, 7) is 13.8. The second-order valence-corrected chi connectivity index (χ2v) is 7.21. The molecule has 1 fully saturated rings. The van der Waals surface area contributed by atoms with E-state index in [1.54, 1.807) is 0 Å². The van der Waals surface area contributed by atoms with E-state index in [0.717, 1.165) is 19.0 Å². The molecule has 1 N–H and O–H groups in total. The molecule has 0 spiro atoms. The van der Waals surface area contributed by atoms with Crippen molar-refractivity contribution in [2.75, 3.05) is 13.1 Å². The van der Waals surface area contributed by atoms with Gasteiger partial charge in [-0.1, -0.05) is 33.8 Å². The summed E-state index contributed by atoms with van der Waals surface area (Å²) in [5.74, 6) is 1.41. The molecule has 0 bridgehead atoms. The van der Waals surface area contributed by atoms with E-state index in [1.807, 2.05) is 18.5 Å². The maximum atomic E-state index is 4.30. The van der Waals surface area contributed by atoms with Gasteiger partial charge in [-0.05, 0) is 36.8 Å². The number of nitrogens with zero attached hydrogens (tertiary/aromatic N) is 2. The van der Waals surface area contributed by atoms with Crippen molar-refractivity contribution < 1.29 is 0 Å². The van der Waals surface area contributed by atoms with Gasteiger partial charge in [0.2, 0.25) is 0 Å². The average Bonchev–Trinajstić information content (AvgIpc) is 2.46. The number of nitrogens with one attached hydrogen (secondary N) is 1. The third-order valence-electron chi connectivity index (χ3n) is 4.66. The fourth-order valence-electron chi connectivity index (χ4n) is 3.46. The minimum Gasteiger partial charge on any atom is -0.311 e. The van der Waals surface area contributed by atoms with E-state index in [2.05, 4.69) is 55.9 Å². The van der Waals surface area contributed by atoms with Gasteiger partial charge in [-0.3, -0.25) is 9.88 Å². The highest BCUT2D eigenvalue weighted by atomic mass is 15.3. The largest absolute Gasteiger partial charge is 0.311 e. The van der Waals surface area contributed by atoms with E-state index in [0.29, 0.717) is 24.0 Å². The topological polar surface area (TPSA) is 28.2 Å². The van der Waals surface area contributed by atoms with Gasteiger partial charge in [-0.2, -0.15) is 0 Å². The number of rotatable bonds is 5. The van der Waals surface area contributed by atoms with Gasteiger partial charge in [0.25, 0.3) is 0 Å². The third-order valence-corrected chi connectivity index (χ3v) is 4.66. The Kier molecular flexibility index (Phi) is 5.77. The Morgan fingerprint density at radius 2 is 2.05 bits per heavy atom. The van der Waals surface area contributed by atoms with Crippen LogP contribution in [0.1, 0.15) is 52.6 Å². The van der Waals surface area contributed by atoms with Crippen LogP contribution in [-0.4, -0.2) is 35.1 Å². The molecule has 1 saturated heterocycles. The summed E-state index contributed by atoms with van der Waals surface area (Å²) < 4.78 is 0. The van der Waals surface area contributed by atoms with Crippen LogP contribution in [0.15, 0.2) is 24.5 Å². The highest BCUT2D eigenvalue weighted by Gasteiger charge is 2.33. The van der Waals surface area contributed by atoms with E-state index >= 15 is 0 Å². The average molecular weight is 289 g/mol. The summed E-state index contributed by atoms with van der Waals surface area (Å²) in [4.78, 5) is 6.98. The van der Waals surface area contributed by atoms with Gasteiger partial charge < -0.3 is 5.32 Å². The van der Waals surface area contributed by atoms with E-state index in [1.165, 1.54) is 12.0 Å². The molecule has 1 aromatic heterocycles. The van der Waals surface area contributed by atoms with Gasteiger partial charge in [0.1, 0.15) is 0 Å². The highest BCUT2D eigenvalue weighted by molar-refractivity contribution is 5.14. The van der Waals surface area contributed by atoms with Gasteiger partial charge >= 0.3 is 0 Å². The molecule has 0 aromatic carbocycles.